The first-order chi connectivity index (χ1) is 10.3. The van der Waals surface area contributed by atoms with E-state index < -0.39 is 0 Å². The summed E-state index contributed by atoms with van der Waals surface area (Å²) in [5, 5.41) is 0. The minimum Gasteiger partial charge on any atom is -0.444 e. The molecule has 0 aliphatic carbocycles. The second kappa shape index (κ2) is 6.41. The molecule has 0 amide bonds. The lowest BCUT2D eigenvalue weighted by Crippen LogP contribution is -2.48. The van der Waals surface area contributed by atoms with Crippen LogP contribution in [0, 0.1) is 0 Å². The van der Waals surface area contributed by atoms with Gasteiger partial charge >= 0.3 is 0 Å². The first-order valence-electron chi connectivity index (χ1n) is 7.73. The molecule has 1 fully saturated rings. The van der Waals surface area contributed by atoms with Crippen LogP contribution in [-0.2, 0) is 6.54 Å². The summed E-state index contributed by atoms with van der Waals surface area (Å²) in [4.78, 5) is 7.10. The molecule has 1 aromatic carbocycles. The monoisotopic (exact) mass is 285 g/mol. The largest absolute Gasteiger partial charge is 0.444 e. The van der Waals surface area contributed by atoms with Gasteiger partial charge in [0, 0.05) is 30.7 Å². The van der Waals surface area contributed by atoms with Crippen molar-refractivity contribution in [2.75, 3.05) is 6.54 Å². The Morgan fingerprint density at radius 3 is 2.86 bits per heavy atom. The summed E-state index contributed by atoms with van der Waals surface area (Å²) < 4.78 is 5.63. The van der Waals surface area contributed by atoms with Crippen LogP contribution in [0.5, 0.6) is 0 Å². The summed E-state index contributed by atoms with van der Waals surface area (Å²) in [6, 6.07) is 11.0. The molecule has 1 aliphatic rings. The van der Waals surface area contributed by atoms with Gasteiger partial charge in [-0.25, -0.2) is 4.98 Å². The Labute approximate surface area is 126 Å². The van der Waals surface area contributed by atoms with Gasteiger partial charge < -0.3 is 10.2 Å². The molecule has 4 nitrogen and oxygen atoms in total. The highest BCUT2D eigenvalue weighted by atomic mass is 16.3. The Kier molecular flexibility index (Phi) is 4.36. The maximum atomic E-state index is 5.92. The van der Waals surface area contributed by atoms with E-state index in [1.165, 1.54) is 19.3 Å². The second-order valence-corrected chi connectivity index (χ2v) is 5.85. The van der Waals surface area contributed by atoms with E-state index in [0.717, 1.165) is 17.8 Å². The molecule has 2 aromatic rings. The average molecular weight is 285 g/mol. The van der Waals surface area contributed by atoms with Gasteiger partial charge in [-0.2, -0.15) is 0 Å². The summed E-state index contributed by atoms with van der Waals surface area (Å²) in [7, 11) is 0. The van der Waals surface area contributed by atoms with Crippen molar-refractivity contribution in [3.8, 4) is 11.5 Å². The molecule has 0 bridgehead atoms. The molecule has 21 heavy (non-hydrogen) atoms. The minimum absolute atomic E-state index is 0.464. The molecule has 1 saturated heterocycles. The maximum Gasteiger partial charge on any atom is 0.226 e. The Morgan fingerprint density at radius 2 is 2.10 bits per heavy atom. The van der Waals surface area contributed by atoms with Crippen molar-refractivity contribution in [2.45, 2.75) is 44.8 Å². The first kappa shape index (κ1) is 14.3. The number of hydrogen-bond donors (Lipinski definition) is 1. The fourth-order valence-corrected chi connectivity index (χ4v) is 3.16. The third-order valence-corrected chi connectivity index (χ3v) is 4.38. The summed E-state index contributed by atoms with van der Waals surface area (Å²) in [5.74, 6) is 0.694. The molecular formula is C17H23N3O. The number of oxazole rings is 1. The molecule has 112 valence electrons. The van der Waals surface area contributed by atoms with Crippen molar-refractivity contribution >= 4 is 0 Å². The topological polar surface area (TPSA) is 55.3 Å². The van der Waals surface area contributed by atoms with E-state index >= 15 is 0 Å². The highest BCUT2D eigenvalue weighted by Gasteiger charge is 2.27. The molecule has 2 unspecified atom stereocenters. The number of nitrogens with two attached hydrogens (primary N) is 1. The van der Waals surface area contributed by atoms with Crippen molar-refractivity contribution in [3.63, 3.8) is 0 Å². The zero-order chi connectivity index (χ0) is 14.7. The van der Waals surface area contributed by atoms with Crippen LogP contribution in [-0.4, -0.2) is 28.5 Å². The summed E-state index contributed by atoms with van der Waals surface area (Å²) >= 11 is 0. The Bertz CT molecular complexity index is 566. The molecule has 0 radical (unpaired) electrons. The van der Waals surface area contributed by atoms with Crippen LogP contribution in [0.25, 0.3) is 11.5 Å². The molecule has 2 N–H and O–H groups in total. The van der Waals surface area contributed by atoms with Gasteiger partial charge in [0.1, 0.15) is 6.26 Å². The number of nitrogens with zero attached hydrogens (tertiary/aromatic N) is 2. The van der Waals surface area contributed by atoms with Crippen LogP contribution in [0.2, 0.25) is 0 Å². The van der Waals surface area contributed by atoms with Crippen LogP contribution < -0.4 is 5.73 Å². The van der Waals surface area contributed by atoms with E-state index in [1.54, 1.807) is 6.26 Å². The van der Waals surface area contributed by atoms with Gasteiger partial charge in [0.15, 0.2) is 0 Å². The molecule has 3 rings (SSSR count). The molecule has 1 aliphatic heterocycles. The highest BCUT2D eigenvalue weighted by Crippen LogP contribution is 2.25. The van der Waals surface area contributed by atoms with Gasteiger partial charge in [0.2, 0.25) is 5.89 Å². The number of hydrogen-bond acceptors (Lipinski definition) is 4. The lowest BCUT2D eigenvalue weighted by atomic mass is 9.96. The summed E-state index contributed by atoms with van der Waals surface area (Å²) in [6.07, 6.45) is 5.47. The van der Waals surface area contributed by atoms with Gasteiger partial charge in [-0.3, -0.25) is 4.90 Å². The zero-order valence-corrected chi connectivity index (χ0v) is 12.5. The smallest absolute Gasteiger partial charge is 0.226 e. The number of likely N-dealkylation sites (tertiary alicyclic amines) is 1. The van der Waals surface area contributed by atoms with Crippen molar-refractivity contribution < 1.29 is 4.42 Å². The van der Waals surface area contributed by atoms with Gasteiger partial charge in [-0.15, -0.1) is 0 Å². The lowest BCUT2D eigenvalue weighted by molar-refractivity contribution is 0.0878. The Hall–Kier alpha value is -1.65. The SMILES string of the molecule is CC1CCCC(CN)N1Cc1coc(-c2ccccc2)n1. The molecule has 0 saturated carbocycles. The molecule has 2 atom stereocenters. The normalized spacial score (nSPS) is 23.3. The van der Waals surface area contributed by atoms with Crippen LogP contribution in [0.3, 0.4) is 0 Å². The van der Waals surface area contributed by atoms with Gasteiger partial charge in [-0.05, 0) is 31.9 Å². The van der Waals surface area contributed by atoms with E-state index in [-0.39, 0.29) is 0 Å². The molecule has 4 heteroatoms. The van der Waals surface area contributed by atoms with Crippen molar-refractivity contribution in [3.05, 3.63) is 42.3 Å². The minimum atomic E-state index is 0.464. The van der Waals surface area contributed by atoms with Gasteiger partial charge in [0.05, 0.1) is 5.69 Å². The number of benzene rings is 1. The van der Waals surface area contributed by atoms with E-state index in [2.05, 4.69) is 16.8 Å². The maximum absolute atomic E-state index is 5.92. The quantitative estimate of drug-likeness (QED) is 0.938. The van der Waals surface area contributed by atoms with Crippen molar-refractivity contribution in [1.82, 2.24) is 9.88 Å². The van der Waals surface area contributed by atoms with Crippen LogP contribution in [0.1, 0.15) is 31.9 Å². The van der Waals surface area contributed by atoms with Crippen LogP contribution >= 0.6 is 0 Å². The fourth-order valence-electron chi connectivity index (χ4n) is 3.16. The lowest BCUT2D eigenvalue weighted by Gasteiger charge is -2.39. The van der Waals surface area contributed by atoms with Crippen molar-refractivity contribution in [2.24, 2.45) is 5.73 Å². The van der Waals surface area contributed by atoms with E-state index in [9.17, 15) is 0 Å². The van der Waals surface area contributed by atoms with Gasteiger partial charge in [0.25, 0.3) is 0 Å². The predicted molar refractivity (Wildman–Crippen MR) is 83.6 cm³/mol. The molecule has 2 heterocycles. The van der Waals surface area contributed by atoms with Crippen LogP contribution in [0.15, 0.2) is 41.0 Å². The zero-order valence-electron chi connectivity index (χ0n) is 12.5. The standard InChI is InChI=1S/C17H23N3O/c1-13-6-5-9-16(10-18)20(13)11-15-12-21-17(19-15)14-7-3-2-4-8-14/h2-4,7-8,12-13,16H,5-6,9-11,18H2,1H3. The average Bonchev–Trinajstić information content (AvgIpc) is 2.99. The fraction of sp³-hybridized carbons (Fsp3) is 0.471. The third kappa shape index (κ3) is 3.17. The number of aromatic nitrogens is 1. The third-order valence-electron chi connectivity index (χ3n) is 4.38. The highest BCUT2D eigenvalue weighted by molar-refractivity contribution is 5.52. The molecular weight excluding hydrogens is 262 g/mol. The number of rotatable bonds is 4. The Balaban J connectivity index is 1.74. The molecule has 0 spiro atoms. The van der Waals surface area contributed by atoms with Crippen LogP contribution in [0.4, 0.5) is 0 Å². The summed E-state index contributed by atoms with van der Waals surface area (Å²) in [6.45, 7) is 3.81. The van der Waals surface area contributed by atoms with E-state index in [1.807, 2.05) is 30.3 Å². The van der Waals surface area contributed by atoms with Crippen molar-refractivity contribution in [1.29, 1.82) is 0 Å². The number of piperidine rings is 1. The Morgan fingerprint density at radius 1 is 1.29 bits per heavy atom. The van der Waals surface area contributed by atoms with E-state index in [4.69, 9.17) is 10.2 Å². The second-order valence-electron chi connectivity index (χ2n) is 5.85. The molecule has 1 aromatic heterocycles. The van der Waals surface area contributed by atoms with E-state index in [0.29, 0.717) is 24.5 Å². The predicted octanol–water partition coefficient (Wildman–Crippen LogP) is 3.04. The summed E-state index contributed by atoms with van der Waals surface area (Å²) in [5.41, 5.74) is 7.93. The van der Waals surface area contributed by atoms with Gasteiger partial charge in [-0.1, -0.05) is 24.6 Å². The first-order valence-corrected chi connectivity index (χ1v) is 7.73.